The second-order valence-corrected chi connectivity index (χ2v) is 5.76. The van der Waals surface area contributed by atoms with E-state index in [0.29, 0.717) is 16.0 Å². The first-order valence-electron chi connectivity index (χ1n) is 5.77. The molecule has 1 aliphatic carbocycles. The summed E-state index contributed by atoms with van der Waals surface area (Å²) in [5, 5.41) is 1.27. The van der Waals surface area contributed by atoms with Crippen LogP contribution in [0.25, 0.3) is 0 Å². The average Bonchev–Trinajstić information content (AvgIpc) is 2.33. The predicted molar refractivity (Wildman–Crippen MR) is 71.6 cm³/mol. The highest BCUT2D eigenvalue weighted by Crippen LogP contribution is 2.40. The van der Waals surface area contributed by atoms with Crippen LogP contribution in [0.3, 0.4) is 0 Å². The number of halogens is 3. The van der Waals surface area contributed by atoms with Gasteiger partial charge in [0, 0.05) is 0 Å². The predicted octanol–water partition coefficient (Wildman–Crippen LogP) is 5.85. The molecule has 2 rings (SSSR count). The highest BCUT2D eigenvalue weighted by Gasteiger charge is 2.23. The molecule has 0 aliphatic heterocycles. The Balaban J connectivity index is 2.12. The van der Waals surface area contributed by atoms with Crippen LogP contribution in [0.2, 0.25) is 10.0 Å². The standard InChI is InChI=1S/C13H15Cl3/c14-11-7-6-10(8-12(11)15)13(16)9-4-2-1-3-5-9/h6-9,13H,1-5H2. The maximum absolute atomic E-state index is 6.51. The van der Waals surface area contributed by atoms with Crippen molar-refractivity contribution >= 4 is 34.8 Å². The van der Waals surface area contributed by atoms with Crippen LogP contribution in [0.15, 0.2) is 18.2 Å². The lowest BCUT2D eigenvalue weighted by Crippen LogP contribution is -2.12. The monoisotopic (exact) mass is 276 g/mol. The SMILES string of the molecule is Clc1ccc(C(Cl)C2CCCCC2)cc1Cl. The normalized spacial score (nSPS) is 19.7. The molecule has 0 amide bonds. The first-order valence-corrected chi connectivity index (χ1v) is 6.97. The van der Waals surface area contributed by atoms with E-state index < -0.39 is 0 Å². The topological polar surface area (TPSA) is 0 Å². The van der Waals surface area contributed by atoms with Crippen molar-refractivity contribution < 1.29 is 0 Å². The van der Waals surface area contributed by atoms with Crippen molar-refractivity contribution in [2.45, 2.75) is 37.5 Å². The van der Waals surface area contributed by atoms with Crippen molar-refractivity contribution in [1.82, 2.24) is 0 Å². The van der Waals surface area contributed by atoms with Gasteiger partial charge >= 0.3 is 0 Å². The van der Waals surface area contributed by atoms with E-state index in [9.17, 15) is 0 Å². The second-order valence-electron chi connectivity index (χ2n) is 4.47. The number of hydrogen-bond donors (Lipinski definition) is 0. The molecule has 0 saturated heterocycles. The maximum Gasteiger partial charge on any atom is 0.0613 e. The van der Waals surface area contributed by atoms with Gasteiger partial charge in [-0.25, -0.2) is 0 Å². The highest BCUT2D eigenvalue weighted by molar-refractivity contribution is 6.42. The maximum atomic E-state index is 6.51. The molecule has 0 radical (unpaired) electrons. The van der Waals surface area contributed by atoms with Crippen LogP contribution >= 0.6 is 34.8 Å². The van der Waals surface area contributed by atoms with Crippen molar-refractivity contribution in [3.05, 3.63) is 33.8 Å². The van der Waals surface area contributed by atoms with Gasteiger partial charge < -0.3 is 0 Å². The highest BCUT2D eigenvalue weighted by atomic mass is 35.5. The summed E-state index contributed by atoms with van der Waals surface area (Å²) >= 11 is 18.4. The molecule has 1 atom stereocenters. The van der Waals surface area contributed by atoms with Crippen molar-refractivity contribution in [3.63, 3.8) is 0 Å². The van der Waals surface area contributed by atoms with Gasteiger partial charge in [0.25, 0.3) is 0 Å². The largest absolute Gasteiger partial charge is 0.118 e. The molecule has 0 spiro atoms. The molecule has 0 heterocycles. The van der Waals surface area contributed by atoms with Crippen LogP contribution in [0.5, 0.6) is 0 Å². The Kier molecular flexibility index (Phi) is 4.41. The molecule has 1 unspecified atom stereocenters. The molecular weight excluding hydrogens is 263 g/mol. The van der Waals surface area contributed by atoms with E-state index in [2.05, 4.69) is 0 Å². The summed E-state index contributed by atoms with van der Waals surface area (Å²) in [5.41, 5.74) is 1.10. The van der Waals surface area contributed by atoms with Gasteiger partial charge in [-0.05, 0) is 36.5 Å². The van der Waals surface area contributed by atoms with Gasteiger partial charge in [0.05, 0.1) is 15.4 Å². The first kappa shape index (κ1) is 12.5. The Labute approximate surface area is 112 Å². The Morgan fingerprint density at radius 2 is 1.69 bits per heavy atom. The third-order valence-electron chi connectivity index (χ3n) is 3.33. The fraction of sp³-hybridized carbons (Fsp3) is 0.538. The van der Waals surface area contributed by atoms with Gasteiger partial charge in [-0.15, -0.1) is 11.6 Å². The van der Waals surface area contributed by atoms with Crippen LogP contribution in [0, 0.1) is 5.92 Å². The zero-order valence-electron chi connectivity index (χ0n) is 9.06. The summed E-state index contributed by atoms with van der Waals surface area (Å²) in [5.74, 6) is 0.590. The lowest BCUT2D eigenvalue weighted by atomic mass is 9.84. The Bertz CT molecular complexity index is 356. The van der Waals surface area contributed by atoms with Crippen molar-refractivity contribution in [1.29, 1.82) is 0 Å². The Morgan fingerprint density at radius 3 is 2.31 bits per heavy atom. The molecule has 1 fully saturated rings. The third-order valence-corrected chi connectivity index (χ3v) is 4.67. The zero-order valence-corrected chi connectivity index (χ0v) is 11.3. The van der Waals surface area contributed by atoms with Crippen LogP contribution in [0.1, 0.15) is 43.0 Å². The number of hydrogen-bond acceptors (Lipinski definition) is 0. The first-order chi connectivity index (χ1) is 7.68. The summed E-state index contributed by atoms with van der Waals surface area (Å²) in [7, 11) is 0. The van der Waals surface area contributed by atoms with E-state index in [0.717, 1.165) is 5.56 Å². The Hall–Kier alpha value is 0.0900. The number of rotatable bonds is 2. The van der Waals surface area contributed by atoms with Gasteiger partial charge in [0.2, 0.25) is 0 Å². The molecule has 1 aromatic rings. The van der Waals surface area contributed by atoms with Crippen LogP contribution in [-0.4, -0.2) is 0 Å². The van der Waals surface area contributed by atoms with Crippen LogP contribution in [-0.2, 0) is 0 Å². The van der Waals surface area contributed by atoms with E-state index in [1.165, 1.54) is 32.1 Å². The quantitative estimate of drug-likeness (QED) is 0.595. The summed E-state index contributed by atoms with van der Waals surface area (Å²) in [4.78, 5) is 0. The van der Waals surface area contributed by atoms with Crippen LogP contribution in [0.4, 0.5) is 0 Å². The van der Waals surface area contributed by atoms with Gasteiger partial charge in [0.1, 0.15) is 0 Å². The average molecular weight is 278 g/mol. The molecule has 16 heavy (non-hydrogen) atoms. The smallest absolute Gasteiger partial charge is 0.0613 e. The molecule has 0 aromatic heterocycles. The lowest BCUT2D eigenvalue weighted by Gasteiger charge is -2.26. The van der Waals surface area contributed by atoms with E-state index in [-0.39, 0.29) is 5.38 Å². The summed E-state index contributed by atoms with van der Waals surface area (Å²) in [6, 6.07) is 5.72. The van der Waals surface area contributed by atoms with E-state index in [1.807, 2.05) is 18.2 Å². The van der Waals surface area contributed by atoms with Crippen molar-refractivity contribution in [3.8, 4) is 0 Å². The second kappa shape index (κ2) is 5.62. The minimum atomic E-state index is 0.0788. The van der Waals surface area contributed by atoms with Crippen molar-refractivity contribution in [2.75, 3.05) is 0 Å². The van der Waals surface area contributed by atoms with Crippen molar-refractivity contribution in [2.24, 2.45) is 5.92 Å². The Morgan fingerprint density at radius 1 is 1.00 bits per heavy atom. The van der Waals surface area contributed by atoms with E-state index in [1.54, 1.807) is 0 Å². The third kappa shape index (κ3) is 2.85. The minimum Gasteiger partial charge on any atom is -0.118 e. The minimum absolute atomic E-state index is 0.0788. The molecule has 1 saturated carbocycles. The lowest BCUT2D eigenvalue weighted by molar-refractivity contribution is 0.348. The summed E-state index contributed by atoms with van der Waals surface area (Å²) < 4.78 is 0. The molecule has 0 bridgehead atoms. The molecule has 0 N–H and O–H groups in total. The van der Waals surface area contributed by atoms with Gasteiger partial charge in [0.15, 0.2) is 0 Å². The van der Waals surface area contributed by atoms with Gasteiger partial charge in [-0.1, -0.05) is 48.5 Å². The number of benzene rings is 1. The van der Waals surface area contributed by atoms with Gasteiger partial charge in [-0.2, -0.15) is 0 Å². The van der Waals surface area contributed by atoms with E-state index >= 15 is 0 Å². The molecule has 1 aromatic carbocycles. The molecule has 3 heteroatoms. The summed E-state index contributed by atoms with van der Waals surface area (Å²) in [6.45, 7) is 0. The number of alkyl halides is 1. The molecular formula is C13H15Cl3. The summed E-state index contributed by atoms with van der Waals surface area (Å²) in [6.07, 6.45) is 6.41. The zero-order chi connectivity index (χ0) is 11.5. The fourth-order valence-electron chi connectivity index (χ4n) is 2.38. The van der Waals surface area contributed by atoms with Gasteiger partial charge in [-0.3, -0.25) is 0 Å². The molecule has 1 aliphatic rings. The fourth-order valence-corrected chi connectivity index (χ4v) is 3.08. The molecule has 88 valence electrons. The molecule has 0 nitrogen and oxygen atoms in total. The van der Waals surface area contributed by atoms with E-state index in [4.69, 9.17) is 34.8 Å². The van der Waals surface area contributed by atoms with Crippen LogP contribution < -0.4 is 0 Å².